The molecular formula is C27H26BrN3O3S. The van der Waals surface area contributed by atoms with Crippen molar-refractivity contribution in [2.24, 2.45) is 5.41 Å². The first-order valence-corrected chi connectivity index (χ1v) is 13.0. The number of nitrogens with one attached hydrogen (secondary N) is 2. The van der Waals surface area contributed by atoms with Crippen LogP contribution >= 0.6 is 27.7 Å². The molecule has 1 atom stereocenters. The van der Waals surface area contributed by atoms with Gasteiger partial charge in [-0.15, -0.1) is 0 Å². The van der Waals surface area contributed by atoms with Crippen molar-refractivity contribution in [1.29, 1.82) is 5.26 Å². The summed E-state index contributed by atoms with van der Waals surface area (Å²) >= 11 is 4.66. The lowest BCUT2D eigenvalue weighted by molar-refractivity contribution is -0.118. The molecule has 2 aromatic carbocycles. The summed E-state index contributed by atoms with van der Waals surface area (Å²) < 4.78 is 6.22. The summed E-state index contributed by atoms with van der Waals surface area (Å²) in [4.78, 5) is 25.9. The van der Waals surface area contributed by atoms with Gasteiger partial charge in [-0.05, 0) is 53.8 Å². The van der Waals surface area contributed by atoms with Crippen LogP contribution < -0.4 is 15.4 Å². The third kappa shape index (κ3) is 5.63. The maximum atomic E-state index is 13.3. The van der Waals surface area contributed by atoms with E-state index < -0.39 is 5.92 Å². The number of carbonyl (C=O) groups is 2. The van der Waals surface area contributed by atoms with Gasteiger partial charge in [-0.1, -0.05) is 53.7 Å². The first-order valence-electron chi connectivity index (χ1n) is 11.2. The molecule has 1 aliphatic heterocycles. The lowest BCUT2D eigenvalue weighted by Gasteiger charge is -2.39. The molecule has 4 rings (SSSR count). The lowest BCUT2D eigenvalue weighted by Crippen LogP contribution is -2.37. The first-order chi connectivity index (χ1) is 16.7. The second kappa shape index (κ2) is 10.3. The van der Waals surface area contributed by atoms with Crippen LogP contribution in [0.4, 0.5) is 5.69 Å². The molecule has 1 unspecified atom stereocenters. The first kappa shape index (κ1) is 25.1. The molecule has 2 N–H and O–H groups in total. The number of halogens is 1. The molecule has 2 aliphatic rings. The maximum Gasteiger partial charge on any atom is 0.234 e. The average molecular weight is 552 g/mol. The van der Waals surface area contributed by atoms with Crippen LogP contribution in [0.3, 0.4) is 0 Å². The van der Waals surface area contributed by atoms with E-state index in [2.05, 4.69) is 46.5 Å². The van der Waals surface area contributed by atoms with E-state index >= 15 is 0 Å². The smallest absolute Gasteiger partial charge is 0.234 e. The van der Waals surface area contributed by atoms with Crippen LogP contribution in [0.5, 0.6) is 5.75 Å². The third-order valence-corrected chi connectivity index (χ3v) is 7.60. The zero-order valence-electron chi connectivity index (χ0n) is 19.8. The topological polar surface area (TPSA) is 91.2 Å². The minimum Gasteiger partial charge on any atom is -0.497 e. The number of hydrogen-bond acceptors (Lipinski definition) is 6. The van der Waals surface area contributed by atoms with Crippen LogP contribution in [0, 0.1) is 16.7 Å². The van der Waals surface area contributed by atoms with Crippen LogP contribution in [-0.4, -0.2) is 24.6 Å². The summed E-state index contributed by atoms with van der Waals surface area (Å²) in [6.07, 6.45) is 1.12. The molecule has 1 aliphatic carbocycles. The van der Waals surface area contributed by atoms with Crippen molar-refractivity contribution < 1.29 is 14.3 Å². The summed E-state index contributed by atoms with van der Waals surface area (Å²) in [5.41, 5.74) is 3.29. The molecule has 0 fully saturated rings. The number of allylic oxidation sites excluding steroid dienone is 3. The van der Waals surface area contributed by atoms with Gasteiger partial charge in [0, 0.05) is 27.9 Å². The number of nitriles is 1. The Labute approximate surface area is 217 Å². The van der Waals surface area contributed by atoms with Gasteiger partial charge >= 0.3 is 0 Å². The van der Waals surface area contributed by atoms with Gasteiger partial charge in [-0.25, -0.2) is 0 Å². The molecule has 35 heavy (non-hydrogen) atoms. The Morgan fingerprint density at radius 2 is 1.89 bits per heavy atom. The monoisotopic (exact) mass is 551 g/mol. The van der Waals surface area contributed by atoms with Crippen molar-refractivity contribution in [3.8, 4) is 11.8 Å². The minimum atomic E-state index is -0.484. The van der Waals surface area contributed by atoms with Crippen molar-refractivity contribution in [2.75, 3.05) is 18.2 Å². The van der Waals surface area contributed by atoms with E-state index in [0.717, 1.165) is 15.7 Å². The molecule has 8 heteroatoms. The number of hydrogen-bond donors (Lipinski definition) is 2. The van der Waals surface area contributed by atoms with Gasteiger partial charge in [-0.3, -0.25) is 9.59 Å². The maximum absolute atomic E-state index is 13.3. The Balaban J connectivity index is 1.64. The fraction of sp³-hybridized carbons (Fsp3) is 0.296. The largest absolute Gasteiger partial charge is 0.497 e. The SMILES string of the molecule is COc1ccc(C2C(C#N)=C(SCC(=O)Nc3ccc(Br)cc3)NC3=C2C(=O)CC(C)(C)C3)cc1. The Morgan fingerprint density at radius 3 is 2.51 bits per heavy atom. The average Bonchev–Trinajstić information content (AvgIpc) is 2.82. The predicted octanol–water partition coefficient (Wildman–Crippen LogP) is 5.89. The summed E-state index contributed by atoms with van der Waals surface area (Å²) in [5, 5.41) is 17.0. The third-order valence-electron chi connectivity index (χ3n) is 6.05. The number of ether oxygens (including phenoxy) is 1. The number of thioether (sulfide) groups is 1. The zero-order valence-corrected chi connectivity index (χ0v) is 22.2. The van der Waals surface area contributed by atoms with E-state index in [1.165, 1.54) is 11.8 Å². The number of amides is 1. The number of nitrogens with zero attached hydrogens (tertiary/aromatic N) is 1. The highest BCUT2D eigenvalue weighted by Gasteiger charge is 2.41. The van der Waals surface area contributed by atoms with Crippen molar-refractivity contribution in [1.82, 2.24) is 5.32 Å². The normalized spacial score (nSPS) is 18.9. The van der Waals surface area contributed by atoms with Crippen LogP contribution in [0.2, 0.25) is 0 Å². The number of dihydropyridines is 1. The highest BCUT2D eigenvalue weighted by molar-refractivity contribution is 9.10. The molecule has 0 spiro atoms. The van der Waals surface area contributed by atoms with Gasteiger partial charge < -0.3 is 15.4 Å². The predicted molar refractivity (Wildman–Crippen MR) is 142 cm³/mol. The Morgan fingerprint density at radius 1 is 1.20 bits per heavy atom. The molecule has 1 heterocycles. The van der Waals surface area contributed by atoms with Gasteiger partial charge in [0.2, 0.25) is 5.91 Å². The quantitative estimate of drug-likeness (QED) is 0.464. The Hall–Kier alpha value is -3.02. The van der Waals surface area contributed by atoms with Crippen molar-refractivity contribution in [3.63, 3.8) is 0 Å². The van der Waals surface area contributed by atoms with E-state index in [4.69, 9.17) is 4.74 Å². The number of methoxy groups -OCH3 is 1. The molecular weight excluding hydrogens is 526 g/mol. The molecule has 0 radical (unpaired) electrons. The highest BCUT2D eigenvalue weighted by Crippen LogP contribution is 2.48. The van der Waals surface area contributed by atoms with Crippen LogP contribution in [0.15, 0.2) is 74.9 Å². The number of ketones is 1. The van der Waals surface area contributed by atoms with E-state index in [1.54, 1.807) is 7.11 Å². The number of carbonyl (C=O) groups excluding carboxylic acids is 2. The summed E-state index contributed by atoms with van der Waals surface area (Å²) in [6.45, 7) is 4.14. The Kier molecular flexibility index (Phi) is 7.39. The van der Waals surface area contributed by atoms with E-state index in [0.29, 0.717) is 40.5 Å². The second-order valence-electron chi connectivity index (χ2n) is 9.36. The molecule has 180 valence electrons. The van der Waals surface area contributed by atoms with Gasteiger partial charge in [0.15, 0.2) is 5.78 Å². The molecule has 1 amide bonds. The molecule has 0 bridgehead atoms. The molecule has 0 saturated heterocycles. The van der Waals surface area contributed by atoms with Crippen LogP contribution in [-0.2, 0) is 9.59 Å². The van der Waals surface area contributed by atoms with Crippen LogP contribution in [0.1, 0.15) is 38.2 Å². The number of anilines is 1. The summed E-state index contributed by atoms with van der Waals surface area (Å²) in [5.74, 6) is 0.218. The number of rotatable bonds is 6. The molecule has 6 nitrogen and oxygen atoms in total. The van der Waals surface area contributed by atoms with Gasteiger partial charge in [0.1, 0.15) is 5.75 Å². The van der Waals surface area contributed by atoms with Crippen molar-refractivity contribution in [2.45, 2.75) is 32.6 Å². The van der Waals surface area contributed by atoms with E-state index in [1.807, 2.05) is 48.5 Å². The van der Waals surface area contributed by atoms with Crippen molar-refractivity contribution in [3.05, 3.63) is 80.4 Å². The number of Topliss-reactive ketones (excluding diaryl/α,β-unsaturated/α-hetero) is 1. The van der Waals surface area contributed by atoms with Crippen molar-refractivity contribution >= 4 is 45.1 Å². The lowest BCUT2D eigenvalue weighted by atomic mass is 9.69. The Bertz CT molecular complexity index is 1260. The fourth-order valence-electron chi connectivity index (χ4n) is 4.49. The van der Waals surface area contributed by atoms with Gasteiger partial charge in [0.25, 0.3) is 0 Å². The second-order valence-corrected chi connectivity index (χ2v) is 11.3. The molecule has 0 aromatic heterocycles. The fourth-order valence-corrected chi connectivity index (χ4v) is 5.61. The van der Waals surface area contributed by atoms with Gasteiger partial charge in [-0.2, -0.15) is 5.26 Å². The summed E-state index contributed by atoms with van der Waals surface area (Å²) in [7, 11) is 1.60. The minimum absolute atomic E-state index is 0.0503. The summed E-state index contributed by atoms with van der Waals surface area (Å²) in [6, 6.07) is 17.1. The van der Waals surface area contributed by atoms with Gasteiger partial charge in [0.05, 0.1) is 35.5 Å². The standard InChI is InChI=1S/C27H26BrN3O3S/c1-27(2)12-21-25(22(32)13-27)24(16-4-10-19(34-3)11-5-16)20(14-29)26(31-21)35-15-23(33)30-18-8-6-17(28)7-9-18/h4-11,24,31H,12-13,15H2,1-3H3,(H,30,33). The number of benzene rings is 2. The molecule has 0 saturated carbocycles. The van der Waals surface area contributed by atoms with E-state index in [-0.39, 0.29) is 22.9 Å². The van der Waals surface area contributed by atoms with Crippen LogP contribution in [0.25, 0.3) is 0 Å². The molecule has 2 aromatic rings. The van der Waals surface area contributed by atoms with E-state index in [9.17, 15) is 14.9 Å². The highest BCUT2D eigenvalue weighted by atomic mass is 79.9. The zero-order chi connectivity index (χ0) is 25.2.